The van der Waals surface area contributed by atoms with Crippen molar-refractivity contribution in [3.05, 3.63) is 5.69 Å². The van der Waals surface area contributed by atoms with E-state index in [1.165, 1.54) is 4.31 Å². The van der Waals surface area contributed by atoms with Gasteiger partial charge >= 0.3 is 0 Å². The standard InChI is InChI=1S/C8H13N3O2S3/c1-6-7(15-8(9)10-6)16(12,13)11-2-4-14-5-3-11/h2-5H2,1H3,(H2,9,10). The van der Waals surface area contributed by atoms with E-state index in [1.807, 2.05) is 0 Å². The SMILES string of the molecule is Cc1nc(N)sc1S(=O)(=O)N1CCSCC1. The highest BCUT2D eigenvalue weighted by molar-refractivity contribution is 7.99. The molecular weight excluding hydrogens is 266 g/mol. The lowest BCUT2D eigenvalue weighted by atomic mass is 10.6. The molecule has 1 aromatic rings. The third-order valence-electron chi connectivity index (χ3n) is 2.31. The second-order valence-corrected chi connectivity index (χ2v) is 7.83. The number of rotatable bonds is 2. The smallest absolute Gasteiger partial charge is 0.254 e. The van der Waals surface area contributed by atoms with Gasteiger partial charge in [0.2, 0.25) is 0 Å². The van der Waals surface area contributed by atoms with Gasteiger partial charge in [-0.1, -0.05) is 11.3 Å². The van der Waals surface area contributed by atoms with E-state index in [1.54, 1.807) is 18.7 Å². The zero-order valence-electron chi connectivity index (χ0n) is 8.84. The van der Waals surface area contributed by atoms with Gasteiger partial charge in [0.15, 0.2) is 9.34 Å². The molecule has 5 nitrogen and oxygen atoms in total. The van der Waals surface area contributed by atoms with Crippen LogP contribution in [-0.4, -0.2) is 42.3 Å². The van der Waals surface area contributed by atoms with Crippen LogP contribution in [0.5, 0.6) is 0 Å². The van der Waals surface area contributed by atoms with Crippen molar-refractivity contribution in [2.45, 2.75) is 11.1 Å². The van der Waals surface area contributed by atoms with Crippen LogP contribution in [-0.2, 0) is 10.0 Å². The predicted molar refractivity (Wildman–Crippen MR) is 67.3 cm³/mol. The lowest BCUT2D eigenvalue weighted by molar-refractivity contribution is 0.444. The summed E-state index contributed by atoms with van der Waals surface area (Å²) in [7, 11) is -3.38. The molecule has 0 amide bonds. The van der Waals surface area contributed by atoms with Gasteiger partial charge < -0.3 is 5.73 Å². The second-order valence-electron chi connectivity index (χ2n) is 3.44. The van der Waals surface area contributed by atoms with Gasteiger partial charge in [-0.15, -0.1) is 0 Å². The first-order valence-corrected chi connectivity index (χ1v) is 8.24. The summed E-state index contributed by atoms with van der Waals surface area (Å²) in [5.74, 6) is 1.71. The third-order valence-corrected chi connectivity index (χ3v) is 6.73. The van der Waals surface area contributed by atoms with Crippen molar-refractivity contribution >= 4 is 38.3 Å². The molecule has 16 heavy (non-hydrogen) atoms. The number of aryl methyl sites for hydroxylation is 1. The van der Waals surface area contributed by atoms with Gasteiger partial charge in [0, 0.05) is 24.6 Å². The fourth-order valence-corrected chi connectivity index (χ4v) is 5.56. The minimum atomic E-state index is -3.38. The molecular formula is C8H13N3O2S3. The number of nitrogens with two attached hydrogens (primary N) is 1. The van der Waals surface area contributed by atoms with Gasteiger partial charge in [0.05, 0.1) is 5.69 Å². The van der Waals surface area contributed by atoms with Crippen molar-refractivity contribution in [1.82, 2.24) is 9.29 Å². The number of sulfonamides is 1. The molecule has 0 radical (unpaired) electrons. The van der Waals surface area contributed by atoms with Crippen molar-refractivity contribution in [2.24, 2.45) is 0 Å². The lowest BCUT2D eigenvalue weighted by Crippen LogP contribution is -2.37. The van der Waals surface area contributed by atoms with Crippen LogP contribution < -0.4 is 5.73 Å². The Morgan fingerprint density at radius 1 is 1.38 bits per heavy atom. The molecule has 0 bridgehead atoms. The minimum absolute atomic E-state index is 0.289. The Hall–Kier alpha value is -0.310. The molecule has 8 heteroatoms. The first kappa shape index (κ1) is 12.2. The van der Waals surface area contributed by atoms with Crippen molar-refractivity contribution in [3.8, 4) is 0 Å². The van der Waals surface area contributed by atoms with E-state index in [0.717, 1.165) is 22.8 Å². The van der Waals surface area contributed by atoms with E-state index in [4.69, 9.17) is 5.73 Å². The molecule has 0 aromatic carbocycles. The van der Waals surface area contributed by atoms with Crippen molar-refractivity contribution in [2.75, 3.05) is 30.3 Å². The number of nitrogens with zero attached hydrogens (tertiary/aromatic N) is 2. The van der Waals surface area contributed by atoms with Gasteiger partial charge in [-0.3, -0.25) is 0 Å². The number of aromatic nitrogens is 1. The molecule has 1 aromatic heterocycles. The molecule has 2 heterocycles. The molecule has 0 atom stereocenters. The van der Waals surface area contributed by atoms with Gasteiger partial charge in [-0.2, -0.15) is 16.1 Å². The Morgan fingerprint density at radius 2 is 2.00 bits per heavy atom. The van der Waals surface area contributed by atoms with Gasteiger partial charge in [-0.25, -0.2) is 13.4 Å². The average Bonchev–Trinajstić information content (AvgIpc) is 2.60. The molecule has 0 saturated carbocycles. The quantitative estimate of drug-likeness (QED) is 0.865. The van der Waals surface area contributed by atoms with E-state index < -0.39 is 10.0 Å². The van der Waals surface area contributed by atoms with E-state index in [-0.39, 0.29) is 4.21 Å². The first-order valence-electron chi connectivity index (χ1n) is 4.82. The number of hydrogen-bond donors (Lipinski definition) is 1. The normalized spacial score (nSPS) is 18.8. The molecule has 1 fully saturated rings. The van der Waals surface area contributed by atoms with Crippen molar-refractivity contribution < 1.29 is 8.42 Å². The van der Waals surface area contributed by atoms with Gasteiger partial charge in [-0.05, 0) is 6.92 Å². The number of nitrogen functional groups attached to an aromatic ring is 1. The summed E-state index contributed by atoms with van der Waals surface area (Å²) in [6, 6.07) is 0. The van der Waals surface area contributed by atoms with Crippen molar-refractivity contribution in [1.29, 1.82) is 0 Å². The average molecular weight is 279 g/mol. The molecule has 2 N–H and O–H groups in total. The maximum absolute atomic E-state index is 12.3. The minimum Gasteiger partial charge on any atom is -0.375 e. The summed E-state index contributed by atoms with van der Waals surface area (Å²) < 4.78 is 26.3. The number of thioether (sulfide) groups is 1. The Balaban J connectivity index is 2.34. The molecule has 2 rings (SSSR count). The number of thiazole rings is 1. The maximum Gasteiger partial charge on any atom is 0.254 e. The van der Waals surface area contributed by atoms with E-state index in [2.05, 4.69) is 4.98 Å². The Labute approximate surface area is 103 Å². The second kappa shape index (κ2) is 4.52. The molecule has 1 saturated heterocycles. The Kier molecular flexibility index (Phi) is 3.43. The van der Waals surface area contributed by atoms with E-state index in [0.29, 0.717) is 23.9 Å². The molecule has 0 spiro atoms. The zero-order valence-corrected chi connectivity index (χ0v) is 11.3. The van der Waals surface area contributed by atoms with Crippen LogP contribution in [0.4, 0.5) is 5.13 Å². The van der Waals surface area contributed by atoms with Crippen LogP contribution in [0, 0.1) is 6.92 Å². The fraction of sp³-hybridized carbons (Fsp3) is 0.625. The van der Waals surface area contributed by atoms with Gasteiger partial charge in [0.25, 0.3) is 10.0 Å². The van der Waals surface area contributed by atoms with Crippen LogP contribution in [0.3, 0.4) is 0 Å². The highest BCUT2D eigenvalue weighted by Crippen LogP contribution is 2.29. The fourth-order valence-electron chi connectivity index (χ4n) is 1.55. The summed E-state index contributed by atoms with van der Waals surface area (Å²) in [6.45, 7) is 2.83. The number of anilines is 1. The predicted octanol–water partition coefficient (Wildman–Crippen LogP) is 0.771. The number of hydrogen-bond acceptors (Lipinski definition) is 6. The topological polar surface area (TPSA) is 76.3 Å². The Bertz CT molecular complexity index is 477. The summed E-state index contributed by atoms with van der Waals surface area (Å²) >= 11 is 2.82. The van der Waals surface area contributed by atoms with Crippen LogP contribution in [0.15, 0.2) is 4.21 Å². The molecule has 0 aliphatic carbocycles. The summed E-state index contributed by atoms with van der Waals surface area (Å²) in [4.78, 5) is 3.96. The summed E-state index contributed by atoms with van der Waals surface area (Å²) in [6.07, 6.45) is 0. The van der Waals surface area contributed by atoms with E-state index in [9.17, 15) is 8.42 Å². The highest BCUT2D eigenvalue weighted by Gasteiger charge is 2.29. The molecule has 1 aliphatic rings. The zero-order chi connectivity index (χ0) is 11.8. The maximum atomic E-state index is 12.3. The molecule has 1 aliphatic heterocycles. The van der Waals surface area contributed by atoms with Crippen molar-refractivity contribution in [3.63, 3.8) is 0 Å². The summed E-state index contributed by atoms with van der Waals surface area (Å²) in [5, 5.41) is 0.308. The lowest BCUT2D eigenvalue weighted by Gasteiger charge is -2.24. The largest absolute Gasteiger partial charge is 0.375 e. The van der Waals surface area contributed by atoms with Crippen LogP contribution in [0.25, 0.3) is 0 Å². The summed E-state index contributed by atoms with van der Waals surface area (Å²) in [5.41, 5.74) is 6.03. The third kappa shape index (κ3) is 2.20. The Morgan fingerprint density at radius 3 is 2.50 bits per heavy atom. The first-order chi connectivity index (χ1) is 7.51. The van der Waals surface area contributed by atoms with E-state index >= 15 is 0 Å². The van der Waals surface area contributed by atoms with Gasteiger partial charge in [0.1, 0.15) is 0 Å². The van der Waals surface area contributed by atoms with Crippen LogP contribution in [0.1, 0.15) is 5.69 Å². The highest BCUT2D eigenvalue weighted by atomic mass is 32.2. The van der Waals surface area contributed by atoms with Crippen LogP contribution in [0.2, 0.25) is 0 Å². The molecule has 90 valence electrons. The monoisotopic (exact) mass is 279 g/mol. The van der Waals surface area contributed by atoms with Crippen LogP contribution >= 0.6 is 23.1 Å². The molecule has 0 unspecified atom stereocenters.